The standard InChI is InChI=1S/C13H18ClNO2/c1-9-7-10(2)13(11(14)8-9)15-12(17)5-3-4-6-16/h7-8,16H,3-6H2,1-2H3,(H,15,17). The van der Waals surface area contributed by atoms with E-state index in [-0.39, 0.29) is 12.5 Å². The first-order valence-corrected chi connectivity index (χ1v) is 6.10. The number of amides is 1. The molecule has 0 fully saturated rings. The Kier molecular flexibility index (Phi) is 5.45. The Morgan fingerprint density at radius 3 is 2.65 bits per heavy atom. The van der Waals surface area contributed by atoms with Crippen molar-refractivity contribution in [3.63, 3.8) is 0 Å². The van der Waals surface area contributed by atoms with Crippen LogP contribution >= 0.6 is 11.6 Å². The lowest BCUT2D eigenvalue weighted by Crippen LogP contribution is -2.12. The van der Waals surface area contributed by atoms with Crippen LogP contribution in [0.5, 0.6) is 0 Å². The summed E-state index contributed by atoms with van der Waals surface area (Å²) >= 11 is 6.09. The fourth-order valence-corrected chi connectivity index (χ4v) is 2.04. The quantitative estimate of drug-likeness (QED) is 0.795. The molecule has 0 atom stereocenters. The molecule has 0 bridgehead atoms. The Balaban J connectivity index is 2.65. The Labute approximate surface area is 107 Å². The van der Waals surface area contributed by atoms with Crippen molar-refractivity contribution in [2.75, 3.05) is 11.9 Å². The molecule has 3 nitrogen and oxygen atoms in total. The Bertz CT molecular complexity index is 381. The second-order valence-corrected chi connectivity index (χ2v) is 4.57. The number of benzene rings is 1. The molecule has 0 radical (unpaired) electrons. The maximum atomic E-state index is 11.6. The first kappa shape index (κ1) is 14.0. The van der Waals surface area contributed by atoms with Crippen LogP contribution in [0.1, 0.15) is 30.4 Å². The summed E-state index contributed by atoms with van der Waals surface area (Å²) in [4.78, 5) is 11.6. The second-order valence-electron chi connectivity index (χ2n) is 4.17. The van der Waals surface area contributed by atoms with Gasteiger partial charge in [0.2, 0.25) is 5.91 Å². The van der Waals surface area contributed by atoms with E-state index < -0.39 is 0 Å². The van der Waals surface area contributed by atoms with Crippen LogP contribution in [0.15, 0.2) is 12.1 Å². The van der Waals surface area contributed by atoms with Crippen LogP contribution in [0.25, 0.3) is 0 Å². The van der Waals surface area contributed by atoms with Crippen molar-refractivity contribution in [2.24, 2.45) is 0 Å². The van der Waals surface area contributed by atoms with Crippen molar-refractivity contribution >= 4 is 23.2 Å². The second kappa shape index (κ2) is 6.62. The van der Waals surface area contributed by atoms with E-state index in [0.29, 0.717) is 30.0 Å². The smallest absolute Gasteiger partial charge is 0.224 e. The number of aliphatic hydroxyl groups is 1. The van der Waals surface area contributed by atoms with Crippen molar-refractivity contribution in [2.45, 2.75) is 33.1 Å². The number of carbonyl (C=O) groups excluding carboxylic acids is 1. The number of aliphatic hydroxyl groups excluding tert-OH is 1. The van der Waals surface area contributed by atoms with Crippen molar-refractivity contribution in [1.82, 2.24) is 0 Å². The van der Waals surface area contributed by atoms with Crippen LogP contribution in [0.4, 0.5) is 5.69 Å². The number of halogens is 1. The van der Waals surface area contributed by atoms with Gasteiger partial charge >= 0.3 is 0 Å². The van der Waals surface area contributed by atoms with Crippen LogP contribution in [0, 0.1) is 13.8 Å². The van der Waals surface area contributed by atoms with Gasteiger partial charge in [0.25, 0.3) is 0 Å². The number of unbranched alkanes of at least 4 members (excludes halogenated alkanes) is 1. The highest BCUT2D eigenvalue weighted by atomic mass is 35.5. The maximum absolute atomic E-state index is 11.6. The van der Waals surface area contributed by atoms with Gasteiger partial charge in [0.15, 0.2) is 0 Å². The van der Waals surface area contributed by atoms with Crippen LogP contribution in [0.3, 0.4) is 0 Å². The molecule has 1 aromatic carbocycles. The normalized spacial score (nSPS) is 10.4. The molecule has 4 heteroatoms. The van der Waals surface area contributed by atoms with Crippen LogP contribution in [0.2, 0.25) is 5.02 Å². The average molecular weight is 256 g/mol. The molecule has 0 aliphatic rings. The fraction of sp³-hybridized carbons (Fsp3) is 0.462. The molecule has 0 saturated carbocycles. The van der Waals surface area contributed by atoms with Gasteiger partial charge in [-0.15, -0.1) is 0 Å². The number of nitrogens with one attached hydrogen (secondary N) is 1. The lowest BCUT2D eigenvalue weighted by atomic mass is 10.1. The Morgan fingerprint density at radius 2 is 2.06 bits per heavy atom. The SMILES string of the molecule is Cc1cc(C)c(NC(=O)CCCCO)c(Cl)c1. The number of aryl methyl sites for hydroxylation is 2. The van der Waals surface area contributed by atoms with Gasteiger partial charge in [-0.05, 0) is 43.9 Å². The van der Waals surface area contributed by atoms with Gasteiger partial charge in [-0.25, -0.2) is 0 Å². The third-order valence-corrected chi connectivity index (χ3v) is 2.81. The molecule has 1 aromatic rings. The van der Waals surface area contributed by atoms with Crippen molar-refractivity contribution in [1.29, 1.82) is 0 Å². The van der Waals surface area contributed by atoms with Crippen LogP contribution < -0.4 is 5.32 Å². The molecule has 0 saturated heterocycles. The first-order chi connectivity index (χ1) is 8.04. The Hall–Kier alpha value is -1.06. The summed E-state index contributed by atoms with van der Waals surface area (Å²) in [5.41, 5.74) is 2.72. The van der Waals surface area contributed by atoms with E-state index in [2.05, 4.69) is 5.32 Å². The van der Waals surface area contributed by atoms with Gasteiger partial charge in [-0.3, -0.25) is 4.79 Å². The van der Waals surface area contributed by atoms with Crippen molar-refractivity contribution in [3.8, 4) is 0 Å². The monoisotopic (exact) mass is 255 g/mol. The molecule has 94 valence electrons. The third kappa shape index (κ3) is 4.36. The predicted octanol–water partition coefficient (Wildman–Crippen LogP) is 3.06. The van der Waals surface area contributed by atoms with Gasteiger partial charge < -0.3 is 10.4 Å². The zero-order valence-corrected chi connectivity index (χ0v) is 11.0. The molecule has 0 unspecified atom stereocenters. The molecule has 1 rings (SSSR count). The number of hydrogen-bond acceptors (Lipinski definition) is 2. The molecule has 0 aromatic heterocycles. The van der Waals surface area contributed by atoms with Crippen LogP contribution in [-0.4, -0.2) is 17.6 Å². The summed E-state index contributed by atoms with van der Waals surface area (Å²) in [6, 6.07) is 3.81. The topological polar surface area (TPSA) is 49.3 Å². The summed E-state index contributed by atoms with van der Waals surface area (Å²) in [6.07, 6.45) is 1.74. The largest absolute Gasteiger partial charge is 0.396 e. The summed E-state index contributed by atoms with van der Waals surface area (Å²) in [5, 5.41) is 12.0. The summed E-state index contributed by atoms with van der Waals surface area (Å²) in [6.45, 7) is 4.01. The van der Waals surface area contributed by atoms with Gasteiger partial charge in [0, 0.05) is 13.0 Å². The van der Waals surface area contributed by atoms with E-state index in [4.69, 9.17) is 16.7 Å². The molecule has 0 heterocycles. The zero-order chi connectivity index (χ0) is 12.8. The van der Waals surface area contributed by atoms with Gasteiger partial charge in [0.1, 0.15) is 0 Å². The first-order valence-electron chi connectivity index (χ1n) is 5.72. The van der Waals surface area contributed by atoms with E-state index >= 15 is 0 Å². The molecule has 2 N–H and O–H groups in total. The number of rotatable bonds is 5. The minimum absolute atomic E-state index is 0.0627. The van der Waals surface area contributed by atoms with Crippen molar-refractivity contribution in [3.05, 3.63) is 28.3 Å². The lowest BCUT2D eigenvalue weighted by Gasteiger charge is -2.11. The molecule has 0 spiro atoms. The lowest BCUT2D eigenvalue weighted by molar-refractivity contribution is -0.116. The highest BCUT2D eigenvalue weighted by molar-refractivity contribution is 6.34. The number of anilines is 1. The molecule has 0 aliphatic carbocycles. The van der Waals surface area contributed by atoms with Gasteiger partial charge in [-0.1, -0.05) is 17.7 Å². The summed E-state index contributed by atoms with van der Waals surface area (Å²) in [7, 11) is 0. The minimum Gasteiger partial charge on any atom is -0.396 e. The molecule has 1 amide bonds. The third-order valence-electron chi connectivity index (χ3n) is 2.51. The average Bonchev–Trinajstić information content (AvgIpc) is 2.24. The molecular formula is C13H18ClNO2. The van der Waals surface area contributed by atoms with Crippen LogP contribution in [-0.2, 0) is 4.79 Å². The number of hydrogen-bond donors (Lipinski definition) is 2. The van der Waals surface area contributed by atoms with Gasteiger partial charge in [0.05, 0.1) is 10.7 Å². The van der Waals surface area contributed by atoms with E-state index in [9.17, 15) is 4.79 Å². The highest BCUT2D eigenvalue weighted by Gasteiger charge is 2.09. The van der Waals surface area contributed by atoms with Crippen molar-refractivity contribution < 1.29 is 9.90 Å². The predicted molar refractivity (Wildman–Crippen MR) is 70.5 cm³/mol. The molecule has 17 heavy (non-hydrogen) atoms. The van der Waals surface area contributed by atoms with E-state index in [1.54, 1.807) is 0 Å². The van der Waals surface area contributed by atoms with E-state index in [1.807, 2.05) is 26.0 Å². The zero-order valence-electron chi connectivity index (χ0n) is 10.2. The van der Waals surface area contributed by atoms with Gasteiger partial charge in [-0.2, -0.15) is 0 Å². The highest BCUT2D eigenvalue weighted by Crippen LogP contribution is 2.27. The maximum Gasteiger partial charge on any atom is 0.224 e. The molecule has 0 aliphatic heterocycles. The van der Waals surface area contributed by atoms with E-state index in [0.717, 1.165) is 11.1 Å². The summed E-state index contributed by atoms with van der Waals surface area (Å²) < 4.78 is 0. The molecular weight excluding hydrogens is 238 g/mol. The van der Waals surface area contributed by atoms with E-state index in [1.165, 1.54) is 0 Å². The minimum atomic E-state index is -0.0627. The number of carbonyl (C=O) groups is 1. The Morgan fingerprint density at radius 1 is 1.35 bits per heavy atom. The summed E-state index contributed by atoms with van der Waals surface area (Å²) in [5.74, 6) is -0.0627. The fourth-order valence-electron chi connectivity index (χ4n) is 1.67.